The lowest BCUT2D eigenvalue weighted by Crippen LogP contribution is -1.99. The Morgan fingerprint density at radius 3 is 2.79 bits per heavy atom. The van der Waals surface area contributed by atoms with E-state index in [0.29, 0.717) is 11.1 Å². The minimum Gasteiger partial charge on any atom is -0.326 e. The molecule has 1 aromatic carbocycles. The maximum atomic E-state index is 13.2. The molecule has 0 fully saturated rings. The highest BCUT2D eigenvalue weighted by Gasteiger charge is 1.99. The van der Waals surface area contributed by atoms with Crippen molar-refractivity contribution in [1.29, 1.82) is 0 Å². The summed E-state index contributed by atoms with van der Waals surface area (Å²) in [5, 5.41) is 0.837. The number of hydrogen-bond donors (Lipinski definition) is 1. The second kappa shape index (κ2) is 5.79. The summed E-state index contributed by atoms with van der Waals surface area (Å²) in [6.07, 6.45) is 0.764. The van der Waals surface area contributed by atoms with Crippen LogP contribution in [0.2, 0.25) is 0 Å². The van der Waals surface area contributed by atoms with Crippen molar-refractivity contribution < 1.29 is 4.39 Å². The van der Waals surface area contributed by atoms with Gasteiger partial charge in [-0.05, 0) is 12.1 Å². The number of rotatable bonds is 2. The molecule has 74 valence electrons. The van der Waals surface area contributed by atoms with Gasteiger partial charge in [0, 0.05) is 29.4 Å². The van der Waals surface area contributed by atoms with Gasteiger partial charge in [0.2, 0.25) is 0 Å². The van der Waals surface area contributed by atoms with Gasteiger partial charge in [0.1, 0.15) is 5.82 Å². The van der Waals surface area contributed by atoms with Crippen LogP contribution < -0.4 is 5.73 Å². The fourth-order valence-electron chi connectivity index (χ4n) is 1.00. The lowest BCUT2D eigenvalue weighted by atomic mass is 10.1. The molecule has 0 aliphatic heterocycles. The normalized spacial score (nSPS) is 9.36. The number of nitrogens with two attached hydrogens (primary N) is 1. The first-order valence-electron chi connectivity index (χ1n) is 4.31. The Balaban J connectivity index is 2.82. The fraction of sp³-hybridized carbons (Fsp3) is 0.273. The van der Waals surface area contributed by atoms with Gasteiger partial charge >= 0.3 is 0 Å². The maximum absolute atomic E-state index is 13.2. The molecule has 0 aliphatic carbocycles. The number of halogens is 2. The van der Waals surface area contributed by atoms with Crippen LogP contribution in [-0.2, 0) is 6.54 Å². The van der Waals surface area contributed by atoms with Crippen LogP contribution in [0.4, 0.5) is 4.39 Å². The van der Waals surface area contributed by atoms with Crippen LogP contribution >= 0.6 is 15.9 Å². The average molecular weight is 256 g/mol. The second-order valence-corrected chi connectivity index (χ2v) is 3.54. The van der Waals surface area contributed by atoms with Gasteiger partial charge in [-0.2, -0.15) is 0 Å². The van der Waals surface area contributed by atoms with Crippen molar-refractivity contribution in [3.05, 3.63) is 35.1 Å². The molecule has 0 aliphatic rings. The lowest BCUT2D eigenvalue weighted by Gasteiger charge is -1.98. The summed E-state index contributed by atoms with van der Waals surface area (Å²) in [7, 11) is 0. The summed E-state index contributed by atoms with van der Waals surface area (Å²) in [5.74, 6) is 5.52. The van der Waals surface area contributed by atoms with Crippen LogP contribution in [0.3, 0.4) is 0 Å². The van der Waals surface area contributed by atoms with Crippen molar-refractivity contribution in [2.45, 2.75) is 13.0 Å². The molecule has 14 heavy (non-hydrogen) atoms. The molecular weight excluding hydrogens is 245 g/mol. The molecule has 1 rings (SSSR count). The molecular formula is C11H11BrFN. The van der Waals surface area contributed by atoms with Gasteiger partial charge in [0.15, 0.2) is 0 Å². The Labute approximate surface area is 91.6 Å². The molecule has 0 saturated carbocycles. The van der Waals surface area contributed by atoms with E-state index in [-0.39, 0.29) is 12.4 Å². The minimum atomic E-state index is -0.279. The average Bonchev–Trinajstić information content (AvgIpc) is 2.18. The fourth-order valence-corrected chi connectivity index (χ4v) is 1.20. The van der Waals surface area contributed by atoms with Crippen LogP contribution in [0.1, 0.15) is 17.5 Å². The van der Waals surface area contributed by atoms with Crippen LogP contribution in [0, 0.1) is 17.7 Å². The predicted molar refractivity (Wildman–Crippen MR) is 59.6 cm³/mol. The van der Waals surface area contributed by atoms with Gasteiger partial charge in [0.05, 0.1) is 0 Å². The Hall–Kier alpha value is -0.850. The highest BCUT2D eigenvalue weighted by molar-refractivity contribution is 9.09. The molecule has 1 aromatic rings. The van der Waals surface area contributed by atoms with Gasteiger partial charge < -0.3 is 5.73 Å². The topological polar surface area (TPSA) is 26.0 Å². The molecule has 0 heterocycles. The van der Waals surface area contributed by atoms with E-state index in [9.17, 15) is 4.39 Å². The van der Waals surface area contributed by atoms with E-state index in [1.807, 2.05) is 0 Å². The molecule has 0 bridgehead atoms. The quantitative estimate of drug-likeness (QED) is 0.638. The Morgan fingerprint density at radius 1 is 1.43 bits per heavy atom. The van der Waals surface area contributed by atoms with Crippen molar-refractivity contribution >= 4 is 15.9 Å². The van der Waals surface area contributed by atoms with Crippen molar-refractivity contribution in [1.82, 2.24) is 0 Å². The van der Waals surface area contributed by atoms with Crippen molar-refractivity contribution in [3.8, 4) is 11.8 Å². The van der Waals surface area contributed by atoms with Gasteiger partial charge in [0.25, 0.3) is 0 Å². The van der Waals surface area contributed by atoms with Crippen molar-refractivity contribution in [3.63, 3.8) is 0 Å². The highest BCUT2D eigenvalue weighted by Crippen LogP contribution is 2.08. The Bertz CT molecular complexity index is 365. The van der Waals surface area contributed by atoms with Gasteiger partial charge in [-0.3, -0.25) is 0 Å². The first kappa shape index (κ1) is 11.2. The maximum Gasteiger partial charge on any atom is 0.128 e. The third-order valence-corrected chi connectivity index (χ3v) is 2.12. The van der Waals surface area contributed by atoms with Crippen LogP contribution in [0.5, 0.6) is 0 Å². The summed E-state index contributed by atoms with van der Waals surface area (Å²) < 4.78 is 13.2. The first-order valence-corrected chi connectivity index (χ1v) is 5.43. The zero-order valence-corrected chi connectivity index (χ0v) is 9.27. The van der Waals surface area contributed by atoms with Gasteiger partial charge in [-0.25, -0.2) is 4.39 Å². The van der Waals surface area contributed by atoms with Crippen molar-refractivity contribution in [2.24, 2.45) is 5.73 Å². The molecule has 0 radical (unpaired) electrons. The third kappa shape index (κ3) is 3.13. The molecule has 0 aromatic heterocycles. The molecule has 3 heteroatoms. The minimum absolute atomic E-state index is 0.223. The van der Waals surface area contributed by atoms with Gasteiger partial charge in [-0.15, -0.1) is 0 Å². The monoisotopic (exact) mass is 255 g/mol. The molecule has 2 N–H and O–H groups in total. The lowest BCUT2D eigenvalue weighted by molar-refractivity contribution is 0.610. The van der Waals surface area contributed by atoms with E-state index in [1.165, 1.54) is 6.07 Å². The highest BCUT2D eigenvalue weighted by atomic mass is 79.9. The zero-order chi connectivity index (χ0) is 10.4. The number of alkyl halides is 1. The molecule has 1 nitrogen and oxygen atoms in total. The SMILES string of the molecule is NCc1ccc(C#CCCBr)cc1F. The standard InChI is InChI=1S/C11H11BrFN/c12-6-2-1-3-9-4-5-10(8-14)11(13)7-9/h4-5,7H,2,6,8,14H2. The molecule has 0 amide bonds. The van der Waals surface area contributed by atoms with E-state index in [2.05, 4.69) is 27.8 Å². The second-order valence-electron chi connectivity index (χ2n) is 2.75. The summed E-state index contributed by atoms with van der Waals surface area (Å²) in [6.45, 7) is 0.223. The number of hydrogen-bond acceptors (Lipinski definition) is 1. The van der Waals surface area contributed by atoms with Crippen LogP contribution in [0.25, 0.3) is 0 Å². The molecule has 0 atom stereocenters. The van der Waals surface area contributed by atoms with E-state index < -0.39 is 0 Å². The van der Waals surface area contributed by atoms with Gasteiger partial charge in [-0.1, -0.05) is 33.8 Å². The van der Waals surface area contributed by atoms with Crippen LogP contribution in [0.15, 0.2) is 18.2 Å². The summed E-state index contributed by atoms with van der Waals surface area (Å²) in [4.78, 5) is 0. The van der Waals surface area contributed by atoms with Crippen LogP contribution in [-0.4, -0.2) is 5.33 Å². The van der Waals surface area contributed by atoms with Crippen molar-refractivity contribution in [2.75, 3.05) is 5.33 Å². The van der Waals surface area contributed by atoms with E-state index in [1.54, 1.807) is 12.1 Å². The smallest absolute Gasteiger partial charge is 0.128 e. The predicted octanol–water partition coefficient (Wildman–Crippen LogP) is 2.42. The summed E-state index contributed by atoms with van der Waals surface area (Å²) in [5.41, 5.74) is 6.56. The number of benzene rings is 1. The van der Waals surface area contributed by atoms with E-state index in [0.717, 1.165) is 11.8 Å². The largest absolute Gasteiger partial charge is 0.326 e. The third-order valence-electron chi connectivity index (χ3n) is 1.73. The Morgan fingerprint density at radius 2 is 2.21 bits per heavy atom. The molecule has 0 saturated heterocycles. The van der Waals surface area contributed by atoms with E-state index >= 15 is 0 Å². The molecule has 0 unspecified atom stereocenters. The molecule has 0 spiro atoms. The first-order chi connectivity index (χ1) is 6.77. The van der Waals surface area contributed by atoms with E-state index in [4.69, 9.17) is 5.73 Å². The Kier molecular flexibility index (Phi) is 4.64. The summed E-state index contributed by atoms with van der Waals surface area (Å²) in [6, 6.07) is 4.88. The summed E-state index contributed by atoms with van der Waals surface area (Å²) >= 11 is 3.27. The zero-order valence-electron chi connectivity index (χ0n) is 7.69.